The fourth-order valence-corrected chi connectivity index (χ4v) is 3.20. The van der Waals surface area contributed by atoms with Crippen molar-refractivity contribution in [2.75, 3.05) is 55.6 Å². The van der Waals surface area contributed by atoms with E-state index in [1.807, 2.05) is 4.90 Å². The van der Waals surface area contributed by atoms with Gasteiger partial charge < -0.3 is 20.0 Å². The van der Waals surface area contributed by atoms with Gasteiger partial charge in [0, 0.05) is 57.2 Å². The number of nitrogens with one attached hydrogen (secondary N) is 1. The zero-order valence-corrected chi connectivity index (χ0v) is 15.2. The molecule has 0 atom stereocenters. The maximum absolute atomic E-state index is 12.0. The van der Waals surface area contributed by atoms with Crippen molar-refractivity contribution in [3.05, 3.63) is 36.4 Å². The Morgan fingerprint density at radius 2 is 1.92 bits per heavy atom. The van der Waals surface area contributed by atoms with Crippen LogP contribution < -0.4 is 15.1 Å². The van der Waals surface area contributed by atoms with E-state index in [0.29, 0.717) is 6.54 Å². The van der Waals surface area contributed by atoms with Gasteiger partial charge in [-0.25, -0.2) is 4.79 Å². The molecule has 2 amide bonds. The highest BCUT2D eigenvalue weighted by atomic mass is 16.2. The van der Waals surface area contributed by atoms with E-state index in [4.69, 9.17) is 0 Å². The molecule has 0 saturated carbocycles. The first-order valence-electron chi connectivity index (χ1n) is 8.84. The summed E-state index contributed by atoms with van der Waals surface area (Å²) in [4.78, 5) is 18.6. The number of aryl methyl sites for hydroxylation is 1. The maximum atomic E-state index is 12.0. The first-order valence-corrected chi connectivity index (χ1v) is 8.84. The third-order valence-electron chi connectivity index (χ3n) is 4.61. The smallest absolute Gasteiger partial charge is 0.317 e. The quantitative estimate of drug-likeness (QED) is 0.815. The van der Waals surface area contributed by atoms with Crippen molar-refractivity contribution >= 4 is 17.4 Å². The van der Waals surface area contributed by atoms with Crippen LogP contribution in [0.4, 0.5) is 16.2 Å². The summed E-state index contributed by atoms with van der Waals surface area (Å²) in [5.74, 6) is 0. The standard InChI is InChI=1S/C19H30N4O/c1-5-10-20-19(24)23-13-11-22(12-14-23)18-9-8-17(15-16(18)4)21(6-2)7-3/h5,8-9,15H,1,6-7,10-14H2,2-4H3,(H,20,24). The van der Waals surface area contributed by atoms with Gasteiger partial charge in [0.05, 0.1) is 0 Å². The number of amides is 2. The largest absolute Gasteiger partial charge is 0.372 e. The summed E-state index contributed by atoms with van der Waals surface area (Å²) in [5, 5.41) is 2.85. The molecule has 1 saturated heterocycles. The molecule has 0 unspecified atom stereocenters. The highest BCUT2D eigenvalue weighted by Gasteiger charge is 2.21. The molecule has 1 aromatic carbocycles. The van der Waals surface area contributed by atoms with E-state index < -0.39 is 0 Å². The van der Waals surface area contributed by atoms with Crippen LogP contribution in [0.3, 0.4) is 0 Å². The van der Waals surface area contributed by atoms with Gasteiger partial charge in [-0.2, -0.15) is 0 Å². The molecule has 5 heteroatoms. The summed E-state index contributed by atoms with van der Waals surface area (Å²) in [7, 11) is 0. The number of urea groups is 1. The third-order valence-corrected chi connectivity index (χ3v) is 4.61. The van der Waals surface area contributed by atoms with Gasteiger partial charge in [0.1, 0.15) is 0 Å². The van der Waals surface area contributed by atoms with Gasteiger partial charge in [-0.3, -0.25) is 0 Å². The van der Waals surface area contributed by atoms with Crippen molar-refractivity contribution in [2.45, 2.75) is 20.8 Å². The molecule has 1 aliphatic heterocycles. The maximum Gasteiger partial charge on any atom is 0.317 e. The summed E-state index contributed by atoms with van der Waals surface area (Å²) >= 11 is 0. The Balaban J connectivity index is 1.99. The molecule has 1 fully saturated rings. The average Bonchev–Trinajstić information content (AvgIpc) is 2.61. The van der Waals surface area contributed by atoms with E-state index in [-0.39, 0.29) is 6.03 Å². The molecule has 0 spiro atoms. The lowest BCUT2D eigenvalue weighted by atomic mass is 10.1. The summed E-state index contributed by atoms with van der Waals surface area (Å²) in [5.41, 5.74) is 3.85. The van der Waals surface area contributed by atoms with Crippen LogP contribution in [0.1, 0.15) is 19.4 Å². The molecule has 1 aromatic rings. The van der Waals surface area contributed by atoms with Gasteiger partial charge in [0.25, 0.3) is 0 Å². The molecular weight excluding hydrogens is 300 g/mol. The molecule has 1 heterocycles. The van der Waals surface area contributed by atoms with Gasteiger partial charge in [-0.1, -0.05) is 6.08 Å². The van der Waals surface area contributed by atoms with Crippen LogP contribution in [-0.2, 0) is 0 Å². The number of piperazine rings is 1. The number of carbonyl (C=O) groups excluding carboxylic acids is 1. The zero-order chi connectivity index (χ0) is 17.5. The predicted octanol–water partition coefficient (Wildman–Crippen LogP) is 2.86. The van der Waals surface area contributed by atoms with Gasteiger partial charge in [-0.05, 0) is 44.5 Å². The van der Waals surface area contributed by atoms with Crippen LogP contribution >= 0.6 is 0 Å². The summed E-state index contributed by atoms with van der Waals surface area (Å²) < 4.78 is 0. The molecule has 5 nitrogen and oxygen atoms in total. The van der Waals surface area contributed by atoms with E-state index in [0.717, 1.165) is 39.3 Å². The number of carbonyl (C=O) groups is 1. The molecular formula is C19H30N4O. The molecule has 132 valence electrons. The Labute approximate surface area is 145 Å². The Hall–Kier alpha value is -2.17. The fourth-order valence-electron chi connectivity index (χ4n) is 3.20. The van der Waals surface area contributed by atoms with Crippen molar-refractivity contribution < 1.29 is 4.79 Å². The lowest BCUT2D eigenvalue weighted by Crippen LogP contribution is -2.52. The SMILES string of the molecule is C=CCNC(=O)N1CCN(c2ccc(N(CC)CC)cc2C)CC1. The second-order valence-corrected chi connectivity index (χ2v) is 6.09. The number of hydrogen-bond acceptors (Lipinski definition) is 3. The van der Waals surface area contributed by atoms with Crippen molar-refractivity contribution in [3.63, 3.8) is 0 Å². The number of rotatable bonds is 6. The van der Waals surface area contributed by atoms with Gasteiger partial charge in [0.15, 0.2) is 0 Å². The van der Waals surface area contributed by atoms with E-state index in [1.165, 1.54) is 16.9 Å². The van der Waals surface area contributed by atoms with E-state index in [1.54, 1.807) is 6.08 Å². The van der Waals surface area contributed by atoms with Gasteiger partial charge in [0.2, 0.25) is 0 Å². The first-order chi connectivity index (χ1) is 11.6. The first kappa shape index (κ1) is 18.2. The Morgan fingerprint density at radius 1 is 1.25 bits per heavy atom. The van der Waals surface area contributed by atoms with Crippen molar-refractivity contribution in [1.82, 2.24) is 10.2 Å². The van der Waals surface area contributed by atoms with Crippen LogP contribution in [0, 0.1) is 6.92 Å². The monoisotopic (exact) mass is 330 g/mol. The molecule has 0 radical (unpaired) electrons. The number of benzene rings is 1. The zero-order valence-electron chi connectivity index (χ0n) is 15.2. The molecule has 0 aromatic heterocycles. The summed E-state index contributed by atoms with van der Waals surface area (Å²) in [6, 6.07) is 6.70. The Bertz CT molecular complexity index is 560. The minimum atomic E-state index is 0.00292. The number of hydrogen-bond donors (Lipinski definition) is 1. The van der Waals surface area contributed by atoms with Crippen molar-refractivity contribution in [2.24, 2.45) is 0 Å². The summed E-state index contributed by atoms with van der Waals surface area (Å²) in [6.45, 7) is 16.0. The third kappa shape index (κ3) is 4.22. The lowest BCUT2D eigenvalue weighted by molar-refractivity contribution is 0.195. The van der Waals surface area contributed by atoms with Crippen molar-refractivity contribution in [1.29, 1.82) is 0 Å². The Kier molecular flexibility index (Phi) is 6.53. The normalized spacial score (nSPS) is 14.5. The highest BCUT2D eigenvalue weighted by molar-refractivity contribution is 5.74. The van der Waals surface area contributed by atoms with Gasteiger partial charge in [-0.15, -0.1) is 6.58 Å². The molecule has 2 rings (SSSR count). The molecule has 24 heavy (non-hydrogen) atoms. The van der Waals surface area contributed by atoms with Crippen LogP contribution in [0.2, 0.25) is 0 Å². The molecule has 0 aliphatic carbocycles. The highest BCUT2D eigenvalue weighted by Crippen LogP contribution is 2.26. The summed E-state index contributed by atoms with van der Waals surface area (Å²) in [6.07, 6.45) is 1.70. The molecule has 1 N–H and O–H groups in total. The minimum absolute atomic E-state index is 0.00292. The van der Waals surface area contributed by atoms with E-state index in [9.17, 15) is 4.79 Å². The number of nitrogens with zero attached hydrogens (tertiary/aromatic N) is 3. The van der Waals surface area contributed by atoms with Crippen LogP contribution in [-0.4, -0.2) is 56.7 Å². The van der Waals surface area contributed by atoms with E-state index in [2.05, 4.69) is 60.7 Å². The predicted molar refractivity (Wildman–Crippen MR) is 102 cm³/mol. The second-order valence-electron chi connectivity index (χ2n) is 6.09. The van der Waals surface area contributed by atoms with E-state index >= 15 is 0 Å². The number of anilines is 2. The lowest BCUT2D eigenvalue weighted by Gasteiger charge is -2.37. The average molecular weight is 330 g/mol. The van der Waals surface area contributed by atoms with Crippen LogP contribution in [0.15, 0.2) is 30.9 Å². The molecule has 0 bridgehead atoms. The van der Waals surface area contributed by atoms with Crippen molar-refractivity contribution in [3.8, 4) is 0 Å². The van der Waals surface area contributed by atoms with Gasteiger partial charge >= 0.3 is 6.03 Å². The van der Waals surface area contributed by atoms with Crippen LogP contribution in [0.25, 0.3) is 0 Å². The fraction of sp³-hybridized carbons (Fsp3) is 0.526. The Morgan fingerprint density at radius 3 is 2.46 bits per heavy atom. The van der Waals surface area contributed by atoms with Crippen LogP contribution in [0.5, 0.6) is 0 Å². The minimum Gasteiger partial charge on any atom is -0.372 e. The second kappa shape index (κ2) is 8.62. The topological polar surface area (TPSA) is 38.8 Å². The molecule has 1 aliphatic rings.